The maximum absolute atomic E-state index is 13.0. The first-order valence-electron chi connectivity index (χ1n) is 13.7. The van der Waals surface area contributed by atoms with Crippen molar-refractivity contribution in [3.05, 3.63) is 76.9 Å². The van der Waals surface area contributed by atoms with Gasteiger partial charge in [-0.2, -0.15) is 0 Å². The van der Waals surface area contributed by atoms with E-state index in [2.05, 4.69) is 0 Å². The topological polar surface area (TPSA) is 145 Å². The Hall–Kier alpha value is -5.39. The molecule has 0 unspecified atom stereocenters. The average Bonchev–Trinajstić information content (AvgIpc) is 3.47. The largest absolute Gasteiger partial charge is 0.493 e. The van der Waals surface area contributed by atoms with Crippen LogP contribution in [0.25, 0.3) is 6.08 Å². The van der Waals surface area contributed by atoms with Gasteiger partial charge in [-0.3, -0.25) is 4.79 Å². The molecule has 4 rings (SSSR count). The molecule has 3 atom stereocenters. The zero-order valence-corrected chi connectivity index (χ0v) is 25.7. The molecule has 1 aliphatic heterocycles. The van der Waals surface area contributed by atoms with Gasteiger partial charge in [0.15, 0.2) is 34.5 Å². The summed E-state index contributed by atoms with van der Waals surface area (Å²) in [7, 11) is 8.59. The zero-order valence-electron chi connectivity index (χ0n) is 25.7. The van der Waals surface area contributed by atoms with Crippen LogP contribution in [0.3, 0.4) is 0 Å². The van der Waals surface area contributed by atoms with Crippen molar-refractivity contribution < 1.29 is 57.4 Å². The van der Waals surface area contributed by atoms with E-state index in [0.29, 0.717) is 51.0 Å². The minimum atomic E-state index is -1.27. The fraction of sp³-hybridized carbons (Fsp3) is 0.303. The van der Waals surface area contributed by atoms with E-state index in [4.69, 9.17) is 37.9 Å². The molecule has 45 heavy (non-hydrogen) atoms. The van der Waals surface area contributed by atoms with E-state index in [1.54, 1.807) is 48.5 Å². The number of carbonyl (C=O) groups is 3. The van der Waals surface area contributed by atoms with Crippen LogP contribution in [0.5, 0.6) is 34.5 Å². The smallest absolute Gasteiger partial charge is 0.347 e. The molecule has 238 valence electrons. The molecule has 1 aliphatic rings. The number of carboxylic acids is 1. The van der Waals surface area contributed by atoms with Crippen LogP contribution in [0.15, 0.2) is 54.6 Å². The minimum Gasteiger partial charge on any atom is -0.493 e. The number of hydrogen-bond donors (Lipinski definition) is 1. The van der Waals surface area contributed by atoms with Crippen LogP contribution in [0.4, 0.5) is 0 Å². The highest BCUT2D eigenvalue weighted by Crippen LogP contribution is 2.53. The predicted octanol–water partition coefficient (Wildman–Crippen LogP) is 4.37. The molecule has 12 nitrogen and oxygen atoms in total. The van der Waals surface area contributed by atoms with Crippen molar-refractivity contribution in [3.8, 4) is 34.5 Å². The number of aliphatic carboxylic acids is 1. The van der Waals surface area contributed by atoms with Crippen molar-refractivity contribution in [2.24, 2.45) is 0 Å². The Labute approximate surface area is 260 Å². The van der Waals surface area contributed by atoms with Gasteiger partial charge >= 0.3 is 17.9 Å². The summed E-state index contributed by atoms with van der Waals surface area (Å²) in [6.45, 7) is 0. The number of esters is 2. The Bertz CT molecular complexity index is 1590. The highest BCUT2D eigenvalue weighted by Gasteiger charge is 2.44. The molecule has 0 aliphatic carbocycles. The minimum absolute atomic E-state index is 0.00642. The van der Waals surface area contributed by atoms with E-state index in [9.17, 15) is 19.5 Å². The Balaban J connectivity index is 1.63. The molecule has 0 spiro atoms. The molecule has 0 amide bonds. The van der Waals surface area contributed by atoms with Gasteiger partial charge < -0.3 is 43.0 Å². The summed E-state index contributed by atoms with van der Waals surface area (Å²) in [5.74, 6) is -1.56. The van der Waals surface area contributed by atoms with E-state index in [1.165, 1.54) is 48.7 Å². The van der Waals surface area contributed by atoms with Gasteiger partial charge in [0.05, 0.1) is 42.7 Å². The van der Waals surface area contributed by atoms with Crippen LogP contribution in [-0.4, -0.2) is 71.8 Å². The van der Waals surface area contributed by atoms with Gasteiger partial charge in [0.25, 0.3) is 0 Å². The van der Waals surface area contributed by atoms with Crippen molar-refractivity contribution in [2.75, 3.05) is 42.7 Å². The van der Waals surface area contributed by atoms with Crippen molar-refractivity contribution in [2.45, 2.75) is 24.5 Å². The molecule has 0 saturated carbocycles. The van der Waals surface area contributed by atoms with Gasteiger partial charge in [-0.05, 0) is 53.1 Å². The van der Waals surface area contributed by atoms with E-state index in [-0.39, 0.29) is 12.2 Å². The van der Waals surface area contributed by atoms with E-state index >= 15 is 0 Å². The number of fused-ring (bicyclic) bond motifs is 1. The molecule has 3 aromatic carbocycles. The lowest BCUT2D eigenvalue weighted by Crippen LogP contribution is -2.30. The fourth-order valence-corrected chi connectivity index (χ4v) is 5.10. The molecule has 1 heterocycles. The van der Waals surface area contributed by atoms with E-state index in [1.807, 2.05) is 0 Å². The highest BCUT2D eigenvalue weighted by atomic mass is 16.6. The van der Waals surface area contributed by atoms with Crippen molar-refractivity contribution in [1.82, 2.24) is 0 Å². The Morgan fingerprint density at radius 1 is 0.800 bits per heavy atom. The van der Waals surface area contributed by atoms with Gasteiger partial charge in [-0.25, -0.2) is 9.59 Å². The molecular formula is C33H34O12. The fourth-order valence-electron chi connectivity index (χ4n) is 5.10. The summed E-state index contributed by atoms with van der Waals surface area (Å²) in [5.41, 5.74) is 1.85. The quantitative estimate of drug-likeness (QED) is 0.213. The highest BCUT2D eigenvalue weighted by molar-refractivity contribution is 5.91. The molecular weight excluding hydrogens is 588 g/mol. The lowest BCUT2D eigenvalue weighted by atomic mass is 9.88. The van der Waals surface area contributed by atoms with Gasteiger partial charge in [-0.1, -0.05) is 18.2 Å². The number of carboxylic acid groups (broad SMARTS) is 1. The first-order valence-corrected chi connectivity index (χ1v) is 13.7. The molecule has 0 saturated heterocycles. The Morgan fingerprint density at radius 3 is 2.00 bits per heavy atom. The normalized spacial score (nSPS) is 15.8. The molecule has 0 bridgehead atoms. The summed E-state index contributed by atoms with van der Waals surface area (Å²) >= 11 is 0. The summed E-state index contributed by atoms with van der Waals surface area (Å²) in [6.07, 6.45) is 0.304. The van der Waals surface area contributed by atoms with Crippen LogP contribution >= 0.6 is 0 Å². The third-order valence-corrected chi connectivity index (χ3v) is 7.26. The van der Waals surface area contributed by atoms with Crippen molar-refractivity contribution in [1.29, 1.82) is 0 Å². The molecule has 1 N–H and O–H groups in total. The molecule has 3 aromatic rings. The number of hydrogen-bond acceptors (Lipinski definition) is 11. The van der Waals surface area contributed by atoms with Crippen LogP contribution < -0.4 is 28.4 Å². The molecule has 0 fully saturated rings. The lowest BCUT2D eigenvalue weighted by Gasteiger charge is -2.18. The third kappa shape index (κ3) is 6.90. The first-order chi connectivity index (χ1) is 21.7. The average molecular weight is 623 g/mol. The SMILES string of the molecule is COC(=O)[C@@H](Cc1ccc(OC)c(OC)c1)OC(=O)/C=C/c1ccc(OC)c2c1[C@H](C(=O)O)[C@@H](c1ccc(OC)c(OC)c1)O2. The van der Waals surface area contributed by atoms with Gasteiger partial charge in [0.1, 0.15) is 12.0 Å². The standard InChI is InChI=1S/C33H34O12/c1-38-21-11-7-18(15-24(21)41-4)16-26(33(37)43-6)44-27(34)14-10-19-8-13-23(40-3)31-28(19)29(32(35)36)30(45-31)20-9-12-22(39-2)25(17-20)42-5/h7-15,17,26,29-30H,16H2,1-6H3,(H,35,36)/b14-10+/t26-,29+,30-/m1/s1. The zero-order chi connectivity index (χ0) is 32.7. The number of carbonyl (C=O) groups excluding carboxylic acids is 2. The summed E-state index contributed by atoms with van der Waals surface area (Å²) in [6, 6.07) is 13.3. The second kappa shape index (κ2) is 14.4. The summed E-state index contributed by atoms with van der Waals surface area (Å²) < 4.78 is 43.2. The number of benzene rings is 3. The maximum Gasteiger partial charge on any atom is 0.347 e. The molecule has 0 aromatic heterocycles. The lowest BCUT2D eigenvalue weighted by molar-refractivity contribution is -0.162. The number of methoxy groups -OCH3 is 6. The Kier molecular flexibility index (Phi) is 10.4. The predicted molar refractivity (Wildman–Crippen MR) is 160 cm³/mol. The van der Waals surface area contributed by atoms with Crippen LogP contribution in [0.1, 0.15) is 34.3 Å². The second-order valence-electron chi connectivity index (χ2n) is 9.74. The van der Waals surface area contributed by atoms with Gasteiger partial charge in [-0.15, -0.1) is 0 Å². The van der Waals surface area contributed by atoms with E-state index in [0.717, 1.165) is 6.08 Å². The van der Waals surface area contributed by atoms with E-state index < -0.39 is 36.0 Å². The van der Waals surface area contributed by atoms with Crippen molar-refractivity contribution >= 4 is 24.0 Å². The van der Waals surface area contributed by atoms with Crippen LogP contribution in [-0.2, 0) is 30.3 Å². The summed E-state index contributed by atoms with van der Waals surface area (Å²) in [4.78, 5) is 38.1. The molecule has 0 radical (unpaired) electrons. The maximum atomic E-state index is 13.0. The second-order valence-corrected chi connectivity index (χ2v) is 9.74. The molecule has 12 heteroatoms. The monoisotopic (exact) mass is 622 g/mol. The van der Waals surface area contributed by atoms with Crippen molar-refractivity contribution in [3.63, 3.8) is 0 Å². The van der Waals surface area contributed by atoms with Gasteiger partial charge in [0, 0.05) is 18.1 Å². The van der Waals surface area contributed by atoms with Gasteiger partial charge in [0.2, 0.25) is 6.10 Å². The Morgan fingerprint density at radius 2 is 1.40 bits per heavy atom. The third-order valence-electron chi connectivity index (χ3n) is 7.26. The first kappa shape index (κ1) is 32.5. The van der Waals surface area contributed by atoms with Crippen LogP contribution in [0, 0.1) is 0 Å². The number of ether oxygens (including phenoxy) is 8. The number of rotatable bonds is 13. The van der Waals surface area contributed by atoms with Crippen LogP contribution in [0.2, 0.25) is 0 Å². The summed E-state index contributed by atoms with van der Waals surface area (Å²) in [5, 5.41) is 10.3.